The first-order chi connectivity index (χ1) is 12.7. The molecule has 2 rings (SSSR count). The number of carbonyl (C=O) groups is 1. The third-order valence-electron chi connectivity index (χ3n) is 3.87. The van der Waals surface area contributed by atoms with Crippen molar-refractivity contribution in [3.8, 4) is 0 Å². The molecule has 2 nitrogen and oxygen atoms in total. The Morgan fingerprint density at radius 2 is 1.36 bits per heavy atom. The smallest absolute Gasteiger partial charge is 0.317 e. The lowest BCUT2D eigenvalue weighted by molar-refractivity contribution is -0.143. The molecular formula is C18H13F8NO. The number of anilines is 1. The van der Waals surface area contributed by atoms with Crippen molar-refractivity contribution in [3.63, 3.8) is 0 Å². The van der Waals surface area contributed by atoms with Crippen LogP contribution in [-0.2, 0) is 11.6 Å². The minimum absolute atomic E-state index is 0.477. The number of halogens is 8. The number of hydrogen-bond donors (Lipinski definition) is 1. The summed E-state index contributed by atoms with van der Waals surface area (Å²) in [5.74, 6) is -13.0. The molecule has 2 aromatic carbocycles. The Kier molecular flexibility index (Phi) is 5.46. The number of carbonyl (C=O) groups excluding carboxylic acids is 1. The Hall–Kier alpha value is -2.65. The zero-order valence-electron chi connectivity index (χ0n) is 14.7. The molecule has 0 fully saturated rings. The third kappa shape index (κ3) is 3.95. The zero-order valence-corrected chi connectivity index (χ0v) is 14.7. The van der Waals surface area contributed by atoms with Crippen molar-refractivity contribution in [3.05, 3.63) is 64.0 Å². The molecule has 0 spiro atoms. The van der Waals surface area contributed by atoms with Crippen molar-refractivity contribution in [1.82, 2.24) is 0 Å². The van der Waals surface area contributed by atoms with Gasteiger partial charge < -0.3 is 5.32 Å². The molecule has 0 saturated heterocycles. The molecule has 152 valence electrons. The van der Waals surface area contributed by atoms with Crippen LogP contribution < -0.4 is 5.32 Å². The number of rotatable bonds is 2. The second kappa shape index (κ2) is 7.06. The highest BCUT2D eigenvalue weighted by atomic mass is 19.4. The van der Waals surface area contributed by atoms with Crippen LogP contribution in [0, 0.1) is 29.1 Å². The average Bonchev–Trinajstić information content (AvgIpc) is 2.54. The summed E-state index contributed by atoms with van der Waals surface area (Å²) in [7, 11) is 0. The van der Waals surface area contributed by atoms with Gasteiger partial charge in [-0.15, -0.1) is 0 Å². The highest BCUT2D eigenvalue weighted by Crippen LogP contribution is 2.38. The van der Waals surface area contributed by atoms with E-state index < -0.39 is 63.4 Å². The van der Waals surface area contributed by atoms with Gasteiger partial charge in [0.1, 0.15) is 17.1 Å². The van der Waals surface area contributed by atoms with Crippen LogP contribution in [0.5, 0.6) is 0 Å². The summed E-state index contributed by atoms with van der Waals surface area (Å²) < 4.78 is 107. The Morgan fingerprint density at radius 3 is 1.75 bits per heavy atom. The van der Waals surface area contributed by atoms with Crippen LogP contribution in [0.15, 0.2) is 18.2 Å². The molecule has 28 heavy (non-hydrogen) atoms. The van der Waals surface area contributed by atoms with Gasteiger partial charge in [-0.2, -0.15) is 13.2 Å². The summed E-state index contributed by atoms with van der Waals surface area (Å²) in [4.78, 5) is 12.1. The molecule has 0 heterocycles. The molecule has 0 radical (unpaired) electrons. The quantitative estimate of drug-likeness (QED) is 0.480. The molecule has 0 bridgehead atoms. The minimum atomic E-state index is -5.71. The molecule has 0 aliphatic heterocycles. The summed E-state index contributed by atoms with van der Waals surface area (Å²) >= 11 is 0. The second-order valence-electron chi connectivity index (χ2n) is 6.90. The van der Waals surface area contributed by atoms with E-state index in [2.05, 4.69) is 0 Å². The summed E-state index contributed by atoms with van der Waals surface area (Å²) in [5, 5.41) is 1.38. The SMILES string of the molecule is CC(C)(C)c1ccc(C(=O)Nc2c(F)c(F)c(C(F)(F)F)c(F)c2F)c(F)c1. The van der Waals surface area contributed by atoms with Gasteiger partial charge >= 0.3 is 6.18 Å². The highest BCUT2D eigenvalue weighted by Gasteiger charge is 2.42. The summed E-state index contributed by atoms with van der Waals surface area (Å²) in [6.45, 7) is 5.25. The van der Waals surface area contributed by atoms with Crippen LogP contribution in [0.25, 0.3) is 0 Å². The zero-order chi connectivity index (χ0) is 21.6. The van der Waals surface area contributed by atoms with Crippen molar-refractivity contribution < 1.29 is 39.9 Å². The normalized spacial score (nSPS) is 12.2. The first kappa shape index (κ1) is 21.6. The number of nitrogens with one attached hydrogen (secondary N) is 1. The minimum Gasteiger partial charge on any atom is -0.317 e. The van der Waals surface area contributed by atoms with Gasteiger partial charge in [0.15, 0.2) is 23.3 Å². The van der Waals surface area contributed by atoms with Crippen LogP contribution in [0.1, 0.15) is 42.3 Å². The summed E-state index contributed by atoms with van der Waals surface area (Å²) in [6.07, 6.45) is -5.71. The van der Waals surface area contributed by atoms with E-state index in [9.17, 15) is 39.9 Å². The van der Waals surface area contributed by atoms with Gasteiger partial charge in [-0.05, 0) is 23.1 Å². The lowest BCUT2D eigenvalue weighted by Gasteiger charge is -2.19. The van der Waals surface area contributed by atoms with Gasteiger partial charge in [-0.25, -0.2) is 22.0 Å². The van der Waals surface area contributed by atoms with Crippen molar-refractivity contribution >= 4 is 11.6 Å². The average molecular weight is 411 g/mol. The molecule has 10 heteroatoms. The van der Waals surface area contributed by atoms with E-state index in [0.717, 1.165) is 12.1 Å². The first-order valence-corrected chi connectivity index (χ1v) is 7.70. The van der Waals surface area contributed by atoms with E-state index in [-0.39, 0.29) is 0 Å². The predicted molar refractivity (Wildman–Crippen MR) is 84.3 cm³/mol. The Morgan fingerprint density at radius 1 is 0.857 bits per heavy atom. The van der Waals surface area contributed by atoms with Crippen molar-refractivity contribution in [2.24, 2.45) is 0 Å². The highest BCUT2D eigenvalue weighted by molar-refractivity contribution is 6.04. The standard InChI is InChI=1S/C18H13F8NO/c1-17(2,3)7-4-5-8(9(19)6-7)16(28)27-15-13(22)11(20)10(18(24,25)26)12(21)14(15)23/h4-6H,1-3H3,(H,27,28). The maximum absolute atomic E-state index is 14.2. The Balaban J connectivity index is 2.48. The van der Waals surface area contributed by atoms with E-state index in [1.54, 1.807) is 20.8 Å². The van der Waals surface area contributed by atoms with E-state index in [1.165, 1.54) is 11.4 Å². The number of hydrogen-bond acceptors (Lipinski definition) is 1. The lowest BCUT2D eigenvalue weighted by Crippen LogP contribution is -2.21. The maximum atomic E-state index is 14.2. The van der Waals surface area contributed by atoms with E-state index >= 15 is 0 Å². The molecule has 0 aliphatic carbocycles. The third-order valence-corrected chi connectivity index (χ3v) is 3.87. The van der Waals surface area contributed by atoms with Crippen molar-refractivity contribution in [2.75, 3.05) is 5.32 Å². The predicted octanol–water partition coefficient (Wildman–Crippen LogP) is 5.95. The first-order valence-electron chi connectivity index (χ1n) is 7.70. The molecule has 0 atom stereocenters. The van der Waals surface area contributed by atoms with Crippen LogP contribution in [0.2, 0.25) is 0 Å². The molecule has 0 aromatic heterocycles. The van der Waals surface area contributed by atoms with Gasteiger partial charge in [0.25, 0.3) is 5.91 Å². The maximum Gasteiger partial charge on any atom is 0.422 e. The molecule has 0 aliphatic rings. The summed E-state index contributed by atoms with van der Waals surface area (Å²) in [5.41, 5.74) is -5.32. The van der Waals surface area contributed by atoms with Crippen LogP contribution in [0.4, 0.5) is 40.8 Å². The van der Waals surface area contributed by atoms with Gasteiger partial charge in [-0.1, -0.05) is 26.8 Å². The molecule has 0 saturated carbocycles. The van der Waals surface area contributed by atoms with Crippen LogP contribution in [-0.4, -0.2) is 5.91 Å². The molecule has 1 N–H and O–H groups in total. The van der Waals surface area contributed by atoms with Gasteiger partial charge in [-0.3, -0.25) is 4.79 Å². The number of alkyl halides is 3. The molecule has 0 unspecified atom stereocenters. The van der Waals surface area contributed by atoms with Gasteiger partial charge in [0, 0.05) is 0 Å². The molecule has 2 aromatic rings. The largest absolute Gasteiger partial charge is 0.422 e. The monoisotopic (exact) mass is 411 g/mol. The van der Waals surface area contributed by atoms with E-state index in [0.29, 0.717) is 5.56 Å². The number of amides is 1. The van der Waals surface area contributed by atoms with Crippen molar-refractivity contribution in [1.29, 1.82) is 0 Å². The summed E-state index contributed by atoms with van der Waals surface area (Å²) in [6, 6.07) is 3.30. The van der Waals surface area contributed by atoms with Crippen LogP contribution in [0.3, 0.4) is 0 Å². The number of benzene rings is 2. The van der Waals surface area contributed by atoms with Gasteiger partial charge in [0.05, 0.1) is 5.56 Å². The van der Waals surface area contributed by atoms with Gasteiger partial charge in [0.2, 0.25) is 0 Å². The Labute approximate surface area is 154 Å². The Bertz CT molecular complexity index is 915. The fourth-order valence-corrected chi connectivity index (χ4v) is 2.34. The van der Waals surface area contributed by atoms with E-state index in [4.69, 9.17) is 0 Å². The molecular weight excluding hydrogens is 398 g/mol. The van der Waals surface area contributed by atoms with E-state index in [1.807, 2.05) is 0 Å². The lowest BCUT2D eigenvalue weighted by atomic mass is 9.86. The second-order valence-corrected chi connectivity index (χ2v) is 6.90. The van der Waals surface area contributed by atoms with Crippen molar-refractivity contribution in [2.45, 2.75) is 32.4 Å². The van der Waals surface area contributed by atoms with Crippen LogP contribution >= 0.6 is 0 Å². The topological polar surface area (TPSA) is 29.1 Å². The fourth-order valence-electron chi connectivity index (χ4n) is 2.34. The molecule has 1 amide bonds. The fraction of sp³-hybridized carbons (Fsp3) is 0.278.